The van der Waals surface area contributed by atoms with Gasteiger partial charge in [-0.1, -0.05) is 103 Å². The van der Waals surface area contributed by atoms with Crippen LogP contribution in [0.15, 0.2) is 140 Å². The van der Waals surface area contributed by atoms with Crippen molar-refractivity contribution in [3.05, 3.63) is 140 Å². The van der Waals surface area contributed by atoms with E-state index in [4.69, 9.17) is 9.97 Å². The molecule has 0 fully saturated rings. The zero-order chi connectivity index (χ0) is 28.3. The minimum absolute atomic E-state index is 0.575. The Morgan fingerprint density at radius 1 is 0.488 bits per heavy atom. The third kappa shape index (κ3) is 3.72. The molecule has 0 N–H and O–H groups in total. The lowest BCUT2D eigenvalue weighted by atomic mass is 10.0. The summed E-state index contributed by atoms with van der Waals surface area (Å²) in [4.78, 5) is 19.1. The van der Waals surface area contributed by atoms with Gasteiger partial charge in [-0.05, 0) is 40.4 Å². The highest BCUT2D eigenvalue weighted by Gasteiger charge is 2.18. The van der Waals surface area contributed by atoms with E-state index >= 15 is 0 Å². The molecule has 43 heavy (non-hydrogen) atoms. The number of aromatic nitrogens is 5. The molecule has 9 rings (SSSR count). The zero-order valence-electron chi connectivity index (χ0n) is 23.0. The summed E-state index contributed by atoms with van der Waals surface area (Å²) in [6.45, 7) is 0. The number of fused-ring (bicyclic) bond motifs is 7. The van der Waals surface area contributed by atoms with E-state index in [1.807, 2.05) is 30.3 Å². The average Bonchev–Trinajstić information content (AvgIpc) is 3.41. The van der Waals surface area contributed by atoms with E-state index < -0.39 is 0 Å². The Morgan fingerprint density at radius 3 is 2.12 bits per heavy atom. The largest absolute Gasteiger partial charge is 0.309 e. The van der Waals surface area contributed by atoms with E-state index in [9.17, 15) is 0 Å². The summed E-state index contributed by atoms with van der Waals surface area (Å²) >= 11 is 0. The summed E-state index contributed by atoms with van der Waals surface area (Å²) in [6.07, 6.45) is 3.37. The summed E-state index contributed by atoms with van der Waals surface area (Å²) in [5.74, 6) is 0.616. The van der Waals surface area contributed by atoms with Crippen LogP contribution in [0, 0.1) is 0 Å². The van der Waals surface area contributed by atoms with Crippen molar-refractivity contribution in [2.75, 3.05) is 0 Å². The fourth-order valence-electron chi connectivity index (χ4n) is 6.31. The van der Waals surface area contributed by atoms with E-state index in [1.54, 1.807) is 12.4 Å². The predicted molar refractivity (Wildman–Crippen MR) is 175 cm³/mol. The van der Waals surface area contributed by atoms with Gasteiger partial charge in [0, 0.05) is 45.4 Å². The summed E-state index contributed by atoms with van der Waals surface area (Å²) in [5.41, 5.74) is 7.34. The van der Waals surface area contributed by atoms with Gasteiger partial charge < -0.3 is 4.57 Å². The van der Waals surface area contributed by atoms with Crippen LogP contribution in [0.25, 0.3) is 82.8 Å². The molecule has 0 atom stereocenters. The Balaban J connectivity index is 1.34. The smallest absolute Gasteiger partial charge is 0.182 e. The minimum atomic E-state index is 0.575. The third-order valence-corrected chi connectivity index (χ3v) is 8.26. The second-order valence-electron chi connectivity index (χ2n) is 10.8. The molecule has 6 aromatic carbocycles. The molecular formula is C38H23N5. The lowest BCUT2D eigenvalue weighted by Crippen LogP contribution is -1.99. The van der Waals surface area contributed by atoms with Crippen LogP contribution in [0.2, 0.25) is 0 Å². The Kier molecular flexibility index (Phi) is 5.13. The van der Waals surface area contributed by atoms with E-state index in [0.717, 1.165) is 28.0 Å². The molecule has 0 saturated carbocycles. The van der Waals surface area contributed by atoms with Crippen LogP contribution >= 0.6 is 0 Å². The monoisotopic (exact) mass is 549 g/mol. The molecule has 5 heteroatoms. The number of hydrogen-bond acceptors (Lipinski definition) is 4. The Labute approximate surface area is 246 Å². The van der Waals surface area contributed by atoms with E-state index in [-0.39, 0.29) is 0 Å². The number of benzene rings is 6. The zero-order valence-corrected chi connectivity index (χ0v) is 23.0. The van der Waals surface area contributed by atoms with E-state index in [0.29, 0.717) is 17.0 Å². The molecule has 0 bridgehead atoms. The molecule has 0 aliphatic heterocycles. The van der Waals surface area contributed by atoms with E-state index in [2.05, 4.69) is 112 Å². The first kappa shape index (κ1) is 23.7. The molecule has 9 aromatic rings. The lowest BCUT2D eigenvalue weighted by molar-refractivity contribution is 1.15. The molecule has 5 nitrogen and oxygen atoms in total. The van der Waals surface area contributed by atoms with Crippen molar-refractivity contribution in [3.63, 3.8) is 0 Å². The molecular weight excluding hydrogens is 526 g/mol. The summed E-state index contributed by atoms with van der Waals surface area (Å²) in [5, 5.41) is 7.33. The van der Waals surface area contributed by atoms with Gasteiger partial charge in [0.2, 0.25) is 0 Å². The molecule has 0 amide bonds. The van der Waals surface area contributed by atoms with Gasteiger partial charge in [-0.3, -0.25) is 0 Å². The summed E-state index contributed by atoms with van der Waals surface area (Å²) in [7, 11) is 0. The minimum Gasteiger partial charge on any atom is -0.309 e. The van der Waals surface area contributed by atoms with Crippen molar-refractivity contribution in [2.45, 2.75) is 0 Å². The van der Waals surface area contributed by atoms with Crippen LogP contribution in [0.1, 0.15) is 0 Å². The molecule has 200 valence electrons. The quantitative estimate of drug-likeness (QED) is 0.220. The van der Waals surface area contributed by atoms with Crippen LogP contribution < -0.4 is 0 Å². The fraction of sp³-hybridized carbons (Fsp3) is 0. The molecule has 0 radical (unpaired) electrons. The van der Waals surface area contributed by atoms with Crippen LogP contribution in [-0.4, -0.2) is 24.5 Å². The standard InChI is InChI=1S/C38H23N5/c1-2-10-25(11-3-1)34-35-38(40-20-19-39-35)42-37(41-34)28-14-8-15-29(21-28)43-33-23-27-13-5-4-12-26(27)22-32(33)31-18-17-24-9-6-7-16-30(24)36(31)43/h1-23H. The maximum absolute atomic E-state index is 5.06. The molecule has 3 heterocycles. The fourth-order valence-corrected chi connectivity index (χ4v) is 6.31. The van der Waals surface area contributed by atoms with Crippen LogP contribution in [-0.2, 0) is 0 Å². The Bertz CT molecular complexity index is 2510. The summed E-state index contributed by atoms with van der Waals surface area (Å²) < 4.78 is 2.39. The van der Waals surface area contributed by atoms with Gasteiger partial charge in [0.05, 0.1) is 11.0 Å². The SMILES string of the molecule is c1ccc(-c2nc(-c3cccc(-n4c5cc6ccccc6cc5c5ccc6ccccc6c54)c3)nc3nccnc23)cc1. The number of hydrogen-bond donors (Lipinski definition) is 0. The van der Waals surface area contributed by atoms with Crippen molar-refractivity contribution in [3.8, 4) is 28.3 Å². The number of nitrogens with zero attached hydrogens (tertiary/aromatic N) is 5. The number of rotatable bonds is 3. The molecule has 3 aromatic heterocycles. The third-order valence-electron chi connectivity index (χ3n) is 8.26. The van der Waals surface area contributed by atoms with Crippen molar-refractivity contribution < 1.29 is 0 Å². The maximum atomic E-state index is 5.06. The van der Waals surface area contributed by atoms with Crippen molar-refractivity contribution in [2.24, 2.45) is 0 Å². The van der Waals surface area contributed by atoms with E-state index in [1.165, 1.54) is 37.8 Å². The van der Waals surface area contributed by atoms with Gasteiger partial charge in [0.1, 0.15) is 11.2 Å². The van der Waals surface area contributed by atoms with Gasteiger partial charge in [-0.2, -0.15) is 0 Å². The maximum Gasteiger partial charge on any atom is 0.182 e. The van der Waals surface area contributed by atoms with Crippen LogP contribution in [0.4, 0.5) is 0 Å². The first-order chi connectivity index (χ1) is 21.3. The van der Waals surface area contributed by atoms with Gasteiger partial charge >= 0.3 is 0 Å². The topological polar surface area (TPSA) is 56.5 Å². The Morgan fingerprint density at radius 2 is 1.23 bits per heavy atom. The normalized spacial score (nSPS) is 11.7. The van der Waals surface area contributed by atoms with Crippen molar-refractivity contribution in [1.29, 1.82) is 0 Å². The van der Waals surface area contributed by atoms with Crippen molar-refractivity contribution >= 4 is 54.5 Å². The van der Waals surface area contributed by atoms with Crippen LogP contribution in [0.5, 0.6) is 0 Å². The highest BCUT2D eigenvalue weighted by molar-refractivity contribution is 6.20. The van der Waals surface area contributed by atoms with Gasteiger partial charge in [-0.15, -0.1) is 0 Å². The van der Waals surface area contributed by atoms with Gasteiger partial charge in [-0.25, -0.2) is 19.9 Å². The first-order valence-electron chi connectivity index (χ1n) is 14.3. The molecule has 0 aliphatic rings. The Hall–Kier alpha value is -5.94. The molecule has 0 unspecified atom stereocenters. The van der Waals surface area contributed by atoms with Gasteiger partial charge in [0.15, 0.2) is 11.5 Å². The van der Waals surface area contributed by atoms with Crippen LogP contribution in [0.3, 0.4) is 0 Å². The molecule has 0 aliphatic carbocycles. The highest BCUT2D eigenvalue weighted by atomic mass is 15.0. The summed E-state index contributed by atoms with van der Waals surface area (Å²) in [6, 6.07) is 44.9. The van der Waals surface area contributed by atoms with Crippen molar-refractivity contribution in [1.82, 2.24) is 24.5 Å². The first-order valence-corrected chi connectivity index (χ1v) is 14.3. The van der Waals surface area contributed by atoms with Gasteiger partial charge in [0.25, 0.3) is 0 Å². The predicted octanol–water partition coefficient (Wildman–Crippen LogP) is 9.16. The highest BCUT2D eigenvalue weighted by Crippen LogP contribution is 2.39. The lowest BCUT2D eigenvalue weighted by Gasteiger charge is -2.12. The average molecular weight is 550 g/mol. The molecule has 0 saturated heterocycles. The second-order valence-corrected chi connectivity index (χ2v) is 10.8. The second kappa shape index (κ2) is 9.29. The molecule has 0 spiro atoms.